The molecule has 0 spiro atoms. The summed E-state index contributed by atoms with van der Waals surface area (Å²) in [5.74, 6) is -1.87. The highest BCUT2D eigenvalue weighted by Crippen LogP contribution is 2.19. The van der Waals surface area contributed by atoms with Gasteiger partial charge in [-0.2, -0.15) is 0 Å². The van der Waals surface area contributed by atoms with Crippen molar-refractivity contribution in [2.45, 2.75) is 31.7 Å². The van der Waals surface area contributed by atoms with Crippen LogP contribution < -0.4 is 5.32 Å². The summed E-state index contributed by atoms with van der Waals surface area (Å²) in [7, 11) is 1.82. The van der Waals surface area contributed by atoms with Crippen LogP contribution >= 0.6 is 0 Å². The molecule has 16 heavy (non-hydrogen) atoms. The Morgan fingerprint density at radius 3 is 2.50 bits per heavy atom. The van der Waals surface area contributed by atoms with E-state index >= 15 is 0 Å². The Labute approximate surface area is 93.6 Å². The number of unbranched alkanes of at least 4 members (excludes halogenated alkanes) is 1. The molecule has 0 bridgehead atoms. The molecule has 0 radical (unpaired) electrons. The molecule has 6 nitrogen and oxygen atoms in total. The van der Waals surface area contributed by atoms with Crippen LogP contribution in [0.15, 0.2) is 0 Å². The molecular weight excluding hydrogens is 212 g/mol. The minimum atomic E-state index is -1.11. The van der Waals surface area contributed by atoms with E-state index in [1.54, 1.807) is 0 Å². The summed E-state index contributed by atoms with van der Waals surface area (Å²) in [6, 6.07) is -0.981. The number of nitrogens with one attached hydrogen (secondary N) is 1. The molecule has 0 aliphatic carbocycles. The lowest BCUT2D eigenvalue weighted by molar-refractivity contribution is -0.168. The number of carboxylic acid groups (broad SMARTS) is 1. The second-order valence-electron chi connectivity index (χ2n) is 3.79. The van der Waals surface area contributed by atoms with Crippen LogP contribution in [0.5, 0.6) is 0 Å². The van der Waals surface area contributed by atoms with Gasteiger partial charge in [-0.05, 0) is 32.9 Å². The maximum Gasteiger partial charge on any atom is 0.326 e. The molecule has 0 aromatic heterocycles. The number of aliphatic carboxylic acids is 1. The zero-order chi connectivity index (χ0) is 12.1. The highest BCUT2D eigenvalue weighted by molar-refractivity contribution is 6.16. The highest BCUT2D eigenvalue weighted by atomic mass is 16.4. The van der Waals surface area contributed by atoms with E-state index in [0.29, 0.717) is 12.8 Å². The van der Waals surface area contributed by atoms with Gasteiger partial charge < -0.3 is 10.4 Å². The van der Waals surface area contributed by atoms with Crippen molar-refractivity contribution in [1.29, 1.82) is 0 Å². The summed E-state index contributed by atoms with van der Waals surface area (Å²) in [5.41, 5.74) is 0. The third-order valence-electron chi connectivity index (χ3n) is 2.59. The van der Waals surface area contributed by atoms with Gasteiger partial charge in [0, 0.05) is 0 Å². The highest BCUT2D eigenvalue weighted by Gasteiger charge is 2.42. The smallest absolute Gasteiger partial charge is 0.326 e. The van der Waals surface area contributed by atoms with Gasteiger partial charge >= 0.3 is 5.97 Å². The summed E-state index contributed by atoms with van der Waals surface area (Å²) in [6.45, 7) is 0.800. The lowest BCUT2D eigenvalue weighted by atomic mass is 10.0. The van der Waals surface area contributed by atoms with Gasteiger partial charge in [-0.25, -0.2) is 4.79 Å². The minimum absolute atomic E-state index is 0.152. The number of carbonyl (C=O) groups is 3. The molecule has 1 heterocycles. The second-order valence-corrected chi connectivity index (χ2v) is 3.79. The van der Waals surface area contributed by atoms with Gasteiger partial charge in [0.15, 0.2) is 0 Å². The Morgan fingerprint density at radius 2 is 2.06 bits per heavy atom. The quantitative estimate of drug-likeness (QED) is 0.351. The molecule has 0 saturated carbocycles. The third-order valence-corrected chi connectivity index (χ3v) is 2.59. The van der Waals surface area contributed by atoms with Crippen molar-refractivity contribution < 1.29 is 19.5 Å². The lowest BCUT2D eigenvalue weighted by Crippen LogP contribution is -2.57. The molecule has 1 aliphatic heterocycles. The fourth-order valence-electron chi connectivity index (χ4n) is 1.70. The van der Waals surface area contributed by atoms with Crippen molar-refractivity contribution in [1.82, 2.24) is 10.2 Å². The molecule has 0 aromatic rings. The molecule has 6 heteroatoms. The fraction of sp³-hybridized carbons (Fsp3) is 0.700. The number of hydrogen-bond acceptors (Lipinski definition) is 4. The van der Waals surface area contributed by atoms with E-state index in [0.717, 1.165) is 17.9 Å². The first-order valence-electron chi connectivity index (χ1n) is 5.30. The van der Waals surface area contributed by atoms with Crippen LogP contribution in [0.2, 0.25) is 0 Å². The van der Waals surface area contributed by atoms with E-state index in [4.69, 9.17) is 5.11 Å². The molecular formula is C10H16N2O4. The average molecular weight is 228 g/mol. The Kier molecular flexibility index (Phi) is 4.42. The van der Waals surface area contributed by atoms with Gasteiger partial charge in [-0.1, -0.05) is 0 Å². The summed E-state index contributed by atoms with van der Waals surface area (Å²) >= 11 is 0. The van der Waals surface area contributed by atoms with Crippen LogP contribution in [0.1, 0.15) is 25.7 Å². The van der Waals surface area contributed by atoms with Crippen molar-refractivity contribution in [2.75, 3.05) is 13.6 Å². The Hall–Kier alpha value is -1.43. The van der Waals surface area contributed by atoms with E-state index < -0.39 is 12.0 Å². The standard InChI is InChI=1S/C10H16N2O4/c1-11-5-3-2-4-7(10(15)16)12-8(13)6-9(12)14/h7,11H,2-6H2,1H3,(H,15,16)/t7-/m0/s1. The Bertz CT molecular complexity index is 289. The van der Waals surface area contributed by atoms with E-state index in [2.05, 4.69) is 5.32 Å². The number of carbonyl (C=O) groups excluding carboxylic acids is 2. The van der Waals surface area contributed by atoms with E-state index in [1.165, 1.54) is 0 Å². The zero-order valence-corrected chi connectivity index (χ0v) is 9.23. The van der Waals surface area contributed by atoms with Crippen molar-refractivity contribution in [3.05, 3.63) is 0 Å². The van der Waals surface area contributed by atoms with Gasteiger partial charge in [0.05, 0.1) is 0 Å². The second kappa shape index (κ2) is 5.60. The number of β-lactam (4-membered cyclic amide) rings is 2. The zero-order valence-electron chi connectivity index (χ0n) is 9.23. The van der Waals surface area contributed by atoms with Gasteiger partial charge in [-0.15, -0.1) is 0 Å². The van der Waals surface area contributed by atoms with E-state index in [9.17, 15) is 14.4 Å². The van der Waals surface area contributed by atoms with Crippen LogP contribution in [0.25, 0.3) is 0 Å². The van der Waals surface area contributed by atoms with Gasteiger partial charge in [0.25, 0.3) is 0 Å². The van der Waals surface area contributed by atoms with Crippen LogP contribution in [-0.2, 0) is 14.4 Å². The molecule has 1 atom stereocenters. The number of likely N-dealkylation sites (tertiary alicyclic amines) is 1. The number of imide groups is 1. The van der Waals surface area contributed by atoms with Crippen LogP contribution in [-0.4, -0.2) is 47.4 Å². The summed E-state index contributed by atoms with van der Waals surface area (Å²) < 4.78 is 0. The Balaban J connectivity index is 2.45. The molecule has 1 aliphatic rings. The monoisotopic (exact) mass is 228 g/mol. The van der Waals surface area contributed by atoms with Crippen LogP contribution in [0.4, 0.5) is 0 Å². The van der Waals surface area contributed by atoms with Crippen molar-refractivity contribution >= 4 is 17.8 Å². The largest absolute Gasteiger partial charge is 0.480 e. The number of hydrogen-bond donors (Lipinski definition) is 2. The first-order valence-corrected chi connectivity index (χ1v) is 5.30. The van der Waals surface area contributed by atoms with Gasteiger partial charge in [0.2, 0.25) is 11.8 Å². The maximum atomic E-state index is 11.1. The predicted molar refractivity (Wildman–Crippen MR) is 55.7 cm³/mol. The topological polar surface area (TPSA) is 86.7 Å². The average Bonchev–Trinajstić information content (AvgIpc) is 2.22. The molecule has 0 unspecified atom stereocenters. The minimum Gasteiger partial charge on any atom is -0.480 e. The predicted octanol–water partition coefficient (Wildman–Crippen LogP) is -0.412. The number of nitrogens with zero attached hydrogens (tertiary/aromatic N) is 1. The van der Waals surface area contributed by atoms with Gasteiger partial charge in [-0.3, -0.25) is 14.5 Å². The Morgan fingerprint density at radius 1 is 1.44 bits per heavy atom. The van der Waals surface area contributed by atoms with Crippen molar-refractivity contribution in [3.8, 4) is 0 Å². The molecule has 2 amide bonds. The number of rotatable bonds is 7. The molecule has 1 fully saturated rings. The SMILES string of the molecule is CNCCCC[C@@H](C(=O)O)N1C(=O)CC1=O. The molecule has 1 rings (SSSR count). The third kappa shape index (κ3) is 2.79. The molecule has 2 N–H and O–H groups in total. The summed E-state index contributed by atoms with van der Waals surface area (Å²) in [4.78, 5) is 34.0. The lowest BCUT2D eigenvalue weighted by Gasteiger charge is -2.33. The maximum absolute atomic E-state index is 11.1. The summed E-state index contributed by atoms with van der Waals surface area (Å²) in [5, 5.41) is 11.9. The van der Waals surface area contributed by atoms with Crippen LogP contribution in [0.3, 0.4) is 0 Å². The van der Waals surface area contributed by atoms with Crippen molar-refractivity contribution in [2.24, 2.45) is 0 Å². The molecule has 0 aromatic carbocycles. The summed E-state index contributed by atoms with van der Waals surface area (Å²) in [6.07, 6.45) is 1.68. The van der Waals surface area contributed by atoms with Crippen molar-refractivity contribution in [3.63, 3.8) is 0 Å². The van der Waals surface area contributed by atoms with Crippen LogP contribution in [0, 0.1) is 0 Å². The first-order chi connectivity index (χ1) is 7.57. The molecule has 90 valence electrons. The number of amides is 2. The fourth-order valence-corrected chi connectivity index (χ4v) is 1.70. The van der Waals surface area contributed by atoms with Gasteiger partial charge in [0.1, 0.15) is 12.5 Å². The van der Waals surface area contributed by atoms with E-state index in [1.807, 2.05) is 7.05 Å². The normalized spacial score (nSPS) is 17.2. The number of carboxylic acids is 1. The molecule has 1 saturated heterocycles. The van der Waals surface area contributed by atoms with E-state index in [-0.39, 0.29) is 18.2 Å². The first kappa shape index (κ1) is 12.6.